The van der Waals surface area contributed by atoms with E-state index in [-0.39, 0.29) is 12.0 Å². The fraction of sp³-hybridized carbons (Fsp3) is 0.833. The fourth-order valence-electron chi connectivity index (χ4n) is 0.435. The lowest BCUT2D eigenvalue weighted by Crippen LogP contribution is -2.24. The average molecular weight is 385 g/mol. The summed E-state index contributed by atoms with van der Waals surface area (Å²) in [6, 6.07) is 0.206. The number of carbonyl (C=O) groups excluding carboxylic acids is 1. The zero-order valence-corrected chi connectivity index (χ0v) is 11.2. The molecule has 0 bridgehead atoms. The Bertz CT molecular complexity index is 101. The van der Waals surface area contributed by atoms with Gasteiger partial charge in [0, 0.05) is 43.3 Å². The van der Waals surface area contributed by atoms with E-state index < -0.39 is 0 Å². The molecule has 0 aliphatic rings. The fourth-order valence-corrected chi connectivity index (χ4v) is 0.435. The van der Waals surface area contributed by atoms with E-state index in [4.69, 9.17) is 0 Å². The minimum absolute atomic E-state index is 0.170. The van der Waals surface area contributed by atoms with Gasteiger partial charge in [-0.1, -0.05) is 0 Å². The van der Waals surface area contributed by atoms with Gasteiger partial charge in [0.05, 0.1) is 13.5 Å². The molecule has 0 saturated heterocycles. The van der Waals surface area contributed by atoms with Crippen LogP contribution in [0.4, 0.5) is 0 Å². The van der Waals surface area contributed by atoms with E-state index >= 15 is 0 Å². The molecule has 0 saturated carbocycles. The van der Waals surface area contributed by atoms with Gasteiger partial charge in [0.25, 0.3) is 0 Å². The molecule has 11 heavy (non-hydrogen) atoms. The first kappa shape index (κ1) is 14.4. The summed E-state index contributed by atoms with van der Waals surface area (Å²) in [6.45, 7) is 1.93. The lowest BCUT2D eigenvalue weighted by atomic mass is 10.2. The van der Waals surface area contributed by atoms with E-state index in [0.717, 1.165) is 0 Å². The average Bonchev–Trinajstić information content (AvgIpc) is 2.07. The Morgan fingerprint density at radius 1 is 1.64 bits per heavy atom. The lowest BCUT2D eigenvalue weighted by Gasteiger charge is -2.06. The van der Waals surface area contributed by atoms with Gasteiger partial charge in [0.15, 0.2) is 0 Å². The van der Waals surface area contributed by atoms with E-state index in [2.05, 4.69) is 47.3 Å². The maximum absolute atomic E-state index is 10.5. The molecule has 3 nitrogen and oxygen atoms in total. The van der Waals surface area contributed by atoms with Crippen molar-refractivity contribution in [1.29, 1.82) is 0 Å². The van der Waals surface area contributed by atoms with Crippen LogP contribution in [0, 0.1) is 0 Å². The van der Waals surface area contributed by atoms with Gasteiger partial charge in [-0.3, -0.25) is 4.79 Å². The van der Waals surface area contributed by atoms with Gasteiger partial charge in [0.2, 0.25) is 0 Å². The van der Waals surface area contributed by atoms with Crippen molar-refractivity contribution in [1.82, 2.24) is 5.32 Å². The van der Waals surface area contributed by atoms with Crippen molar-refractivity contribution in [3.63, 3.8) is 0 Å². The lowest BCUT2D eigenvalue weighted by molar-refractivity contribution is -0.141. The van der Waals surface area contributed by atoms with Gasteiger partial charge in [0.1, 0.15) is 0 Å². The van der Waals surface area contributed by atoms with Crippen molar-refractivity contribution in [2.45, 2.75) is 19.4 Å². The Morgan fingerprint density at radius 3 is 2.36 bits per heavy atom. The van der Waals surface area contributed by atoms with Gasteiger partial charge < -0.3 is 10.1 Å². The molecule has 0 amide bonds. The van der Waals surface area contributed by atoms with Crippen LogP contribution in [-0.4, -0.2) is 26.2 Å². The topological polar surface area (TPSA) is 38.3 Å². The molecule has 0 aliphatic heterocycles. The maximum Gasteiger partial charge on any atom is 0.307 e. The summed E-state index contributed by atoms with van der Waals surface area (Å²) in [5.41, 5.74) is 0. The van der Waals surface area contributed by atoms with Crippen LogP contribution in [-0.2, 0) is 9.53 Å². The second kappa shape index (κ2) is 10.9. The molecule has 0 rings (SSSR count). The molecular weight excluding hydrogens is 372 g/mol. The summed E-state index contributed by atoms with van der Waals surface area (Å²) in [6.07, 6.45) is 0.438. The molecule has 1 N–H and O–H groups in total. The van der Waals surface area contributed by atoms with Crippen molar-refractivity contribution in [3.05, 3.63) is 0 Å². The Morgan fingerprint density at radius 2 is 2.09 bits per heavy atom. The summed E-state index contributed by atoms with van der Waals surface area (Å²) in [5.74, 6) is -0.170. The number of nitrogens with one attached hydrogen (secondary N) is 1. The molecule has 5 heteroatoms. The first-order valence-corrected chi connectivity index (χ1v) is 9.37. The molecule has 1 atom stereocenters. The highest BCUT2D eigenvalue weighted by molar-refractivity contribution is 15.0. The molecule has 0 fully saturated rings. The van der Waals surface area contributed by atoms with Gasteiger partial charge >= 0.3 is 5.97 Å². The summed E-state index contributed by atoms with van der Waals surface area (Å²) < 4.78 is 4.44. The summed E-state index contributed by atoms with van der Waals surface area (Å²) in [5, 5.41) is 2.93. The molecule has 0 aliphatic carbocycles. The molecule has 0 aromatic heterocycles. The number of ether oxygens (including phenoxy) is 1. The summed E-state index contributed by atoms with van der Waals surface area (Å²) >= 11 is 4.24. The van der Waals surface area contributed by atoms with Crippen LogP contribution in [0.25, 0.3) is 0 Å². The predicted octanol–water partition coefficient (Wildman–Crippen LogP) is 1.93. The van der Waals surface area contributed by atoms with Crippen molar-refractivity contribution < 1.29 is 9.53 Å². The number of methoxy groups -OCH3 is 1. The number of halogens is 2. The largest absolute Gasteiger partial charge is 0.469 e. The second-order valence-corrected chi connectivity index (χ2v) is 1.97. The Balaban J connectivity index is 0. The minimum atomic E-state index is -0.170. The standard InChI is InChI=1S/C6H13NO2.I2/c1-5(7-2)4-6(8)9-3;1-2/h5,7H,4H2,1-3H3;. The molecule has 0 radical (unpaired) electrons. The van der Waals surface area contributed by atoms with Crippen LogP contribution in [0.2, 0.25) is 0 Å². The van der Waals surface area contributed by atoms with Crippen molar-refractivity contribution in [3.8, 4) is 0 Å². The predicted molar refractivity (Wildman–Crippen MR) is 63.2 cm³/mol. The Labute approximate surface area is 91.0 Å². The minimum Gasteiger partial charge on any atom is -0.469 e. The van der Waals surface area contributed by atoms with Crippen molar-refractivity contribution in [2.75, 3.05) is 14.2 Å². The molecule has 0 spiro atoms. The van der Waals surface area contributed by atoms with E-state index in [1.165, 1.54) is 7.11 Å². The van der Waals surface area contributed by atoms with Gasteiger partial charge in [-0.05, 0) is 14.0 Å². The van der Waals surface area contributed by atoms with Gasteiger partial charge in [-0.15, -0.1) is 0 Å². The van der Waals surface area contributed by atoms with E-state index in [1.54, 1.807) is 0 Å². The van der Waals surface area contributed by atoms with Crippen LogP contribution < -0.4 is 5.32 Å². The monoisotopic (exact) mass is 385 g/mol. The molecule has 0 aromatic rings. The molecule has 1 unspecified atom stereocenters. The first-order chi connectivity index (χ1) is 5.20. The number of hydrogen-bond donors (Lipinski definition) is 1. The van der Waals surface area contributed by atoms with Crippen LogP contribution in [0.1, 0.15) is 13.3 Å². The molecular formula is C6H13I2NO2. The van der Waals surface area contributed by atoms with E-state index in [0.29, 0.717) is 6.42 Å². The number of rotatable bonds is 3. The van der Waals surface area contributed by atoms with Gasteiger partial charge in [-0.2, -0.15) is 0 Å². The number of esters is 1. The number of carbonyl (C=O) groups is 1. The third-order valence-electron chi connectivity index (χ3n) is 1.19. The zero-order chi connectivity index (χ0) is 9.28. The zero-order valence-electron chi connectivity index (χ0n) is 6.86. The van der Waals surface area contributed by atoms with E-state index in [9.17, 15) is 4.79 Å². The van der Waals surface area contributed by atoms with Crippen LogP contribution in [0.15, 0.2) is 0 Å². The Kier molecular flexibility index (Phi) is 14.3. The third kappa shape index (κ3) is 10.9. The highest BCUT2D eigenvalue weighted by Crippen LogP contribution is 1.90. The smallest absolute Gasteiger partial charge is 0.307 e. The summed E-state index contributed by atoms with van der Waals surface area (Å²) in [7, 11) is 3.21. The second-order valence-electron chi connectivity index (χ2n) is 1.97. The van der Waals surface area contributed by atoms with Crippen molar-refractivity contribution >= 4 is 43.2 Å². The Hall–Kier alpha value is 0.890. The maximum atomic E-state index is 10.5. The molecule has 0 aromatic carbocycles. The molecule has 0 heterocycles. The first-order valence-electron chi connectivity index (χ1n) is 3.09. The van der Waals surface area contributed by atoms with Crippen LogP contribution in [0.3, 0.4) is 0 Å². The molecule has 68 valence electrons. The van der Waals surface area contributed by atoms with Crippen LogP contribution >= 0.6 is 37.2 Å². The van der Waals surface area contributed by atoms with Crippen molar-refractivity contribution in [2.24, 2.45) is 0 Å². The normalized spacial score (nSPS) is 11.0. The SMILES string of the molecule is CNC(C)CC(=O)OC.II. The highest BCUT2D eigenvalue weighted by atomic mass is 128. The number of hydrogen-bond acceptors (Lipinski definition) is 3. The quantitative estimate of drug-likeness (QED) is 0.597. The van der Waals surface area contributed by atoms with Crippen LogP contribution in [0.5, 0.6) is 0 Å². The summed E-state index contributed by atoms with van der Waals surface area (Å²) in [4.78, 5) is 10.5. The van der Waals surface area contributed by atoms with Gasteiger partial charge in [-0.25, -0.2) is 0 Å². The van der Waals surface area contributed by atoms with E-state index in [1.807, 2.05) is 14.0 Å². The third-order valence-corrected chi connectivity index (χ3v) is 1.19. The highest BCUT2D eigenvalue weighted by Gasteiger charge is 2.04.